The minimum atomic E-state index is -0.679. The Morgan fingerprint density at radius 2 is 1.37 bits per heavy atom. The summed E-state index contributed by atoms with van der Waals surface area (Å²) in [7, 11) is 0. The summed E-state index contributed by atoms with van der Waals surface area (Å²) in [6.45, 7) is 8.32. The van der Waals surface area contributed by atoms with Crippen LogP contribution in [0.3, 0.4) is 0 Å². The predicted molar refractivity (Wildman–Crippen MR) is 79.0 cm³/mol. The highest BCUT2D eigenvalue weighted by atomic mass is 16.3. The highest BCUT2D eigenvalue weighted by molar-refractivity contribution is 5.34. The Labute approximate surface area is 115 Å². The van der Waals surface area contributed by atoms with Crippen LogP contribution in [-0.2, 0) is 11.5 Å². The van der Waals surface area contributed by atoms with E-state index in [0.717, 1.165) is 11.1 Å². The third-order valence-electron chi connectivity index (χ3n) is 3.90. The lowest BCUT2D eigenvalue weighted by molar-refractivity contribution is 0.0894. The Morgan fingerprint density at radius 3 is 1.95 bits per heavy atom. The van der Waals surface area contributed by atoms with Crippen molar-refractivity contribution in [1.29, 1.82) is 0 Å². The molecule has 2 aromatic carbocycles. The Bertz CT molecular complexity index is 584. The number of hydrogen-bond donors (Lipinski definition) is 0. The molecule has 0 saturated carbocycles. The van der Waals surface area contributed by atoms with Gasteiger partial charge in [-0.25, -0.2) is 5.11 Å². The van der Waals surface area contributed by atoms with Crippen molar-refractivity contribution in [1.82, 2.24) is 0 Å². The van der Waals surface area contributed by atoms with Crippen LogP contribution in [0.4, 0.5) is 0 Å². The SMILES string of the molecule is Cc1ccc(CC([O])c2ccc(C)c(C)c2)cc1C. The zero-order valence-electron chi connectivity index (χ0n) is 12.2. The predicted octanol–water partition coefficient (Wildman–Crippen LogP) is 4.63. The largest absolute Gasteiger partial charge is 0.228 e. The molecule has 0 aliphatic rings. The highest BCUT2D eigenvalue weighted by Gasteiger charge is 2.11. The van der Waals surface area contributed by atoms with Crippen LogP contribution < -0.4 is 0 Å². The topological polar surface area (TPSA) is 19.9 Å². The number of aryl methyl sites for hydroxylation is 4. The summed E-state index contributed by atoms with van der Waals surface area (Å²) in [4.78, 5) is 0. The first-order chi connectivity index (χ1) is 8.97. The molecule has 0 bridgehead atoms. The van der Waals surface area contributed by atoms with Crippen LogP contribution in [0.25, 0.3) is 0 Å². The van der Waals surface area contributed by atoms with Gasteiger partial charge in [-0.05, 0) is 61.1 Å². The standard InChI is InChI=1S/C18H21O/c1-12-5-7-16(9-14(12)3)11-18(19)17-8-6-13(2)15(4)10-17/h5-10,18H,11H2,1-4H3. The molecule has 1 heteroatoms. The van der Waals surface area contributed by atoms with Crippen molar-refractivity contribution < 1.29 is 5.11 Å². The van der Waals surface area contributed by atoms with E-state index >= 15 is 0 Å². The van der Waals surface area contributed by atoms with Gasteiger partial charge in [-0.15, -0.1) is 0 Å². The molecule has 19 heavy (non-hydrogen) atoms. The molecular weight excluding hydrogens is 232 g/mol. The van der Waals surface area contributed by atoms with E-state index in [0.29, 0.717) is 6.42 Å². The number of hydrogen-bond acceptors (Lipinski definition) is 0. The molecule has 0 aromatic heterocycles. The van der Waals surface area contributed by atoms with E-state index in [4.69, 9.17) is 0 Å². The fourth-order valence-corrected chi connectivity index (χ4v) is 2.23. The Morgan fingerprint density at radius 1 is 0.789 bits per heavy atom. The van der Waals surface area contributed by atoms with Crippen LogP contribution in [0.15, 0.2) is 36.4 Å². The second-order valence-corrected chi connectivity index (χ2v) is 5.46. The summed E-state index contributed by atoms with van der Waals surface area (Å²) in [5, 5.41) is 12.4. The molecule has 1 atom stereocenters. The molecule has 0 amide bonds. The molecule has 0 heterocycles. The normalized spacial score (nSPS) is 12.5. The second-order valence-electron chi connectivity index (χ2n) is 5.46. The third kappa shape index (κ3) is 3.24. The van der Waals surface area contributed by atoms with Crippen molar-refractivity contribution in [2.45, 2.75) is 40.2 Å². The van der Waals surface area contributed by atoms with Gasteiger partial charge < -0.3 is 0 Å². The van der Waals surface area contributed by atoms with E-state index in [2.05, 4.69) is 45.9 Å². The fourth-order valence-electron chi connectivity index (χ4n) is 2.23. The summed E-state index contributed by atoms with van der Waals surface area (Å²) in [5.41, 5.74) is 6.98. The summed E-state index contributed by atoms with van der Waals surface area (Å²) < 4.78 is 0. The highest BCUT2D eigenvalue weighted by Crippen LogP contribution is 2.22. The van der Waals surface area contributed by atoms with Gasteiger partial charge in [0.1, 0.15) is 6.10 Å². The van der Waals surface area contributed by atoms with Crippen LogP contribution in [0, 0.1) is 27.7 Å². The molecular formula is C18H21O. The van der Waals surface area contributed by atoms with Gasteiger partial charge in [-0.2, -0.15) is 0 Å². The maximum atomic E-state index is 12.4. The minimum Gasteiger partial charge on any atom is -0.228 e. The molecule has 0 aliphatic heterocycles. The van der Waals surface area contributed by atoms with Crippen molar-refractivity contribution in [2.24, 2.45) is 0 Å². The van der Waals surface area contributed by atoms with Crippen molar-refractivity contribution in [2.75, 3.05) is 0 Å². The smallest absolute Gasteiger partial charge is 0.122 e. The first-order valence-corrected chi connectivity index (χ1v) is 6.76. The molecule has 0 N–H and O–H groups in total. The second kappa shape index (κ2) is 5.58. The molecule has 0 spiro atoms. The van der Waals surface area contributed by atoms with E-state index < -0.39 is 6.10 Å². The van der Waals surface area contributed by atoms with E-state index in [-0.39, 0.29) is 0 Å². The van der Waals surface area contributed by atoms with Gasteiger partial charge in [0.2, 0.25) is 0 Å². The lowest BCUT2D eigenvalue weighted by Gasteiger charge is -2.12. The summed E-state index contributed by atoms with van der Waals surface area (Å²) in [6, 6.07) is 12.3. The molecule has 1 unspecified atom stereocenters. The molecule has 1 radical (unpaired) electrons. The molecule has 0 saturated heterocycles. The molecule has 99 valence electrons. The average molecular weight is 253 g/mol. The van der Waals surface area contributed by atoms with Gasteiger partial charge >= 0.3 is 0 Å². The van der Waals surface area contributed by atoms with Crippen LogP contribution in [0.1, 0.15) is 39.5 Å². The monoisotopic (exact) mass is 253 g/mol. The van der Waals surface area contributed by atoms with Crippen LogP contribution >= 0.6 is 0 Å². The lowest BCUT2D eigenvalue weighted by atomic mass is 9.96. The zero-order valence-corrected chi connectivity index (χ0v) is 12.2. The number of rotatable bonds is 3. The molecule has 0 aliphatic carbocycles. The summed E-state index contributed by atoms with van der Waals surface area (Å²) >= 11 is 0. The van der Waals surface area contributed by atoms with Crippen LogP contribution in [0.2, 0.25) is 0 Å². The van der Waals surface area contributed by atoms with Crippen LogP contribution in [-0.4, -0.2) is 0 Å². The average Bonchev–Trinajstić information content (AvgIpc) is 2.37. The molecule has 2 rings (SSSR count). The van der Waals surface area contributed by atoms with E-state index in [1.54, 1.807) is 0 Å². The maximum absolute atomic E-state index is 12.4. The molecule has 0 fully saturated rings. The molecule has 2 aromatic rings. The van der Waals surface area contributed by atoms with Gasteiger partial charge in [0.15, 0.2) is 0 Å². The zero-order chi connectivity index (χ0) is 14.0. The fraction of sp³-hybridized carbons (Fsp3) is 0.333. The van der Waals surface area contributed by atoms with Gasteiger partial charge in [0.05, 0.1) is 0 Å². The quantitative estimate of drug-likeness (QED) is 0.759. The van der Waals surface area contributed by atoms with Crippen molar-refractivity contribution in [3.8, 4) is 0 Å². The van der Waals surface area contributed by atoms with E-state index in [9.17, 15) is 5.11 Å². The first-order valence-electron chi connectivity index (χ1n) is 6.76. The first kappa shape index (κ1) is 13.8. The van der Waals surface area contributed by atoms with Gasteiger partial charge in [0.25, 0.3) is 0 Å². The summed E-state index contributed by atoms with van der Waals surface area (Å²) in [6.07, 6.45) is -0.120. The van der Waals surface area contributed by atoms with Gasteiger partial charge in [0, 0.05) is 6.42 Å². The Hall–Kier alpha value is -1.60. The number of benzene rings is 2. The summed E-state index contributed by atoms with van der Waals surface area (Å²) in [5.74, 6) is 0. The van der Waals surface area contributed by atoms with E-state index in [1.807, 2.05) is 18.2 Å². The Balaban J connectivity index is 2.17. The van der Waals surface area contributed by atoms with Crippen LogP contribution in [0.5, 0.6) is 0 Å². The third-order valence-corrected chi connectivity index (χ3v) is 3.90. The van der Waals surface area contributed by atoms with Crippen molar-refractivity contribution in [3.63, 3.8) is 0 Å². The van der Waals surface area contributed by atoms with Crippen molar-refractivity contribution >= 4 is 0 Å². The van der Waals surface area contributed by atoms with Gasteiger partial charge in [-0.3, -0.25) is 0 Å². The van der Waals surface area contributed by atoms with Gasteiger partial charge in [-0.1, -0.05) is 36.4 Å². The Kier molecular flexibility index (Phi) is 4.06. The van der Waals surface area contributed by atoms with E-state index in [1.165, 1.54) is 22.3 Å². The lowest BCUT2D eigenvalue weighted by Crippen LogP contribution is -2.01. The molecule has 1 nitrogen and oxygen atoms in total. The minimum absolute atomic E-state index is 0.559. The van der Waals surface area contributed by atoms with Crippen molar-refractivity contribution in [3.05, 3.63) is 69.8 Å². The maximum Gasteiger partial charge on any atom is 0.122 e.